The second-order valence-corrected chi connectivity index (χ2v) is 6.69. The highest BCUT2D eigenvalue weighted by atomic mass is 16.6. The van der Waals surface area contributed by atoms with Crippen molar-refractivity contribution in [2.75, 3.05) is 13.1 Å². The molecule has 0 aromatic carbocycles. The first-order chi connectivity index (χ1) is 11.2. The molecule has 2 rings (SSSR count). The number of piperidine rings is 1. The lowest BCUT2D eigenvalue weighted by molar-refractivity contribution is 0.0167. The number of hydrogen-bond donors (Lipinski definition) is 1. The molecular weight excluding hydrogens is 320 g/mol. The van der Waals surface area contributed by atoms with Gasteiger partial charge in [-0.25, -0.2) is 4.79 Å². The Morgan fingerprint density at radius 2 is 1.92 bits per heavy atom. The van der Waals surface area contributed by atoms with E-state index in [1.807, 2.05) is 34.6 Å². The van der Waals surface area contributed by atoms with Gasteiger partial charge in [0.1, 0.15) is 5.60 Å². The van der Waals surface area contributed by atoms with Crippen molar-refractivity contribution in [2.24, 2.45) is 5.73 Å². The smallest absolute Gasteiger partial charge is 0.410 e. The van der Waals surface area contributed by atoms with Crippen LogP contribution < -0.4 is 5.73 Å². The Balaban J connectivity index is 0.00000185. The Bertz CT molecular complexity index is 575. The minimum Gasteiger partial charge on any atom is -0.444 e. The van der Waals surface area contributed by atoms with Gasteiger partial charge in [0, 0.05) is 19.3 Å². The van der Waals surface area contributed by atoms with E-state index in [0.29, 0.717) is 24.3 Å². The minimum atomic E-state index is -0.508. The maximum atomic E-state index is 12.2. The largest absolute Gasteiger partial charge is 0.444 e. The summed E-state index contributed by atoms with van der Waals surface area (Å²) in [4.78, 5) is 25.2. The summed E-state index contributed by atoms with van der Waals surface area (Å²) in [6.45, 7) is 12.5. The van der Waals surface area contributed by atoms with Gasteiger partial charge in [0.2, 0.25) is 0 Å². The van der Waals surface area contributed by atoms with Crippen molar-refractivity contribution in [3.63, 3.8) is 0 Å². The van der Waals surface area contributed by atoms with Gasteiger partial charge in [-0.3, -0.25) is 9.48 Å². The fourth-order valence-electron chi connectivity index (χ4n) is 2.57. The topological polar surface area (TPSA) is 90.4 Å². The van der Waals surface area contributed by atoms with Crippen molar-refractivity contribution in [1.82, 2.24) is 14.7 Å². The summed E-state index contributed by atoms with van der Waals surface area (Å²) < 4.78 is 7.15. The number of primary amides is 1. The van der Waals surface area contributed by atoms with Crippen molar-refractivity contribution >= 4 is 12.0 Å². The molecule has 0 radical (unpaired) electrons. The number of rotatable bonds is 2. The van der Waals surface area contributed by atoms with Crippen LogP contribution in [0, 0.1) is 6.92 Å². The zero-order valence-electron chi connectivity index (χ0n) is 15.6. The summed E-state index contributed by atoms with van der Waals surface area (Å²) in [7, 11) is 0. The molecule has 144 valence electrons. The number of hydrogen-bond acceptors (Lipinski definition) is 4. The summed E-state index contributed by atoms with van der Waals surface area (Å²) in [5, 5.41) is 4.36. The number of ether oxygens (including phenoxy) is 1. The Kier molecular flexibility index (Phi) is 8.66. The van der Waals surface area contributed by atoms with Gasteiger partial charge in [-0.15, -0.1) is 0 Å². The molecule has 1 aromatic rings. The lowest BCUT2D eigenvalue weighted by Crippen LogP contribution is -2.43. The average molecular weight is 354 g/mol. The molecule has 2 N–H and O–H groups in total. The van der Waals surface area contributed by atoms with Gasteiger partial charge in [-0.05, 0) is 40.5 Å². The fourth-order valence-corrected chi connectivity index (χ4v) is 2.57. The molecule has 7 heteroatoms. The predicted octanol–water partition coefficient (Wildman–Crippen LogP) is 3.52. The van der Waals surface area contributed by atoms with Crippen LogP contribution in [-0.2, 0) is 4.74 Å². The number of nitrogens with two attached hydrogens (primary N) is 1. The van der Waals surface area contributed by atoms with Gasteiger partial charge < -0.3 is 15.4 Å². The molecule has 0 bridgehead atoms. The average Bonchev–Trinajstić information content (AvgIpc) is 2.90. The van der Waals surface area contributed by atoms with Gasteiger partial charge in [0.15, 0.2) is 0 Å². The van der Waals surface area contributed by atoms with E-state index in [1.165, 1.54) is 0 Å². The van der Waals surface area contributed by atoms with Crippen LogP contribution >= 0.6 is 0 Å². The molecule has 1 aliphatic rings. The maximum absolute atomic E-state index is 12.2. The van der Waals surface area contributed by atoms with Gasteiger partial charge in [0.25, 0.3) is 5.91 Å². The van der Waals surface area contributed by atoms with Crippen molar-refractivity contribution in [3.8, 4) is 0 Å². The molecule has 7 nitrogen and oxygen atoms in total. The molecule has 1 aliphatic heterocycles. The van der Waals surface area contributed by atoms with Crippen LogP contribution in [0.4, 0.5) is 4.79 Å². The normalized spacial score (nSPS) is 17.0. The first kappa shape index (κ1) is 22.9. The zero-order valence-corrected chi connectivity index (χ0v) is 15.6. The number of aryl methyl sites for hydroxylation is 1. The Morgan fingerprint density at radius 3 is 2.40 bits per heavy atom. The van der Waals surface area contributed by atoms with Crippen molar-refractivity contribution in [3.05, 3.63) is 17.5 Å². The van der Waals surface area contributed by atoms with Crippen LogP contribution in [0.25, 0.3) is 0 Å². The second-order valence-electron chi connectivity index (χ2n) is 6.69. The van der Waals surface area contributed by atoms with E-state index in [9.17, 15) is 9.59 Å². The van der Waals surface area contributed by atoms with E-state index in [-0.39, 0.29) is 19.6 Å². The first-order valence-corrected chi connectivity index (χ1v) is 8.51. The molecule has 2 heterocycles. The molecule has 25 heavy (non-hydrogen) atoms. The molecule has 1 unspecified atom stereocenters. The summed E-state index contributed by atoms with van der Waals surface area (Å²) >= 11 is 0. The van der Waals surface area contributed by atoms with E-state index in [4.69, 9.17) is 10.5 Å². The highest BCUT2D eigenvalue weighted by molar-refractivity contribution is 5.93. The Labute approximate surface area is 151 Å². The maximum Gasteiger partial charge on any atom is 0.410 e. The molecule has 1 aromatic heterocycles. The quantitative estimate of drug-likeness (QED) is 0.879. The molecule has 0 aliphatic carbocycles. The molecule has 1 atom stereocenters. The molecule has 1 fully saturated rings. The SMILES string of the molecule is C.CC.Cc1nn(C2CCCN(C(=O)OC(C)(C)C)C2)cc1C(N)=O. The molecule has 1 saturated heterocycles. The van der Waals surface area contributed by atoms with Gasteiger partial charge in [0.05, 0.1) is 17.3 Å². The van der Waals surface area contributed by atoms with E-state index in [2.05, 4.69) is 5.10 Å². The predicted molar refractivity (Wildman–Crippen MR) is 99.6 cm³/mol. The van der Waals surface area contributed by atoms with Crippen LogP contribution in [0.15, 0.2) is 6.20 Å². The monoisotopic (exact) mass is 354 g/mol. The third kappa shape index (κ3) is 6.40. The zero-order chi connectivity index (χ0) is 18.5. The molecule has 0 spiro atoms. The third-order valence-electron chi connectivity index (χ3n) is 3.60. The Morgan fingerprint density at radius 1 is 1.32 bits per heavy atom. The highest BCUT2D eigenvalue weighted by Gasteiger charge is 2.29. The van der Waals surface area contributed by atoms with Crippen molar-refractivity contribution in [2.45, 2.75) is 73.5 Å². The van der Waals surface area contributed by atoms with Gasteiger partial charge >= 0.3 is 6.09 Å². The summed E-state index contributed by atoms with van der Waals surface area (Å²) in [6.07, 6.45) is 3.13. The minimum absolute atomic E-state index is 0. The summed E-state index contributed by atoms with van der Waals surface area (Å²) in [5.41, 5.74) is 5.86. The first-order valence-electron chi connectivity index (χ1n) is 8.51. The number of aromatic nitrogens is 2. The van der Waals surface area contributed by atoms with E-state index < -0.39 is 11.5 Å². The molecular formula is C18H34N4O3. The molecule has 0 saturated carbocycles. The lowest BCUT2D eigenvalue weighted by Gasteiger charge is -2.34. The number of nitrogens with zero attached hydrogens (tertiary/aromatic N) is 3. The van der Waals surface area contributed by atoms with Crippen LogP contribution in [0.2, 0.25) is 0 Å². The van der Waals surface area contributed by atoms with Crippen LogP contribution in [-0.4, -0.2) is 45.4 Å². The van der Waals surface area contributed by atoms with E-state index in [0.717, 1.165) is 12.8 Å². The highest BCUT2D eigenvalue weighted by Crippen LogP contribution is 2.23. The van der Waals surface area contributed by atoms with E-state index in [1.54, 1.807) is 22.7 Å². The summed E-state index contributed by atoms with van der Waals surface area (Å²) in [6, 6.07) is 0.0352. The number of likely N-dealkylation sites (tertiary alicyclic amines) is 1. The number of carbonyl (C=O) groups is 2. The van der Waals surface area contributed by atoms with Crippen LogP contribution in [0.1, 0.15) is 77.0 Å². The Hall–Kier alpha value is -2.05. The standard InChI is InChI=1S/C15H24N4O3.C2H6.CH4/c1-10-12(13(16)20)9-19(17-10)11-6-5-7-18(8-11)14(21)22-15(2,3)4;1-2;/h9,11H,5-8H2,1-4H3,(H2,16,20);1-2H3;1H4. The fraction of sp³-hybridized carbons (Fsp3) is 0.722. The van der Waals surface area contributed by atoms with Crippen LogP contribution in [0.5, 0.6) is 0 Å². The third-order valence-corrected chi connectivity index (χ3v) is 3.60. The van der Waals surface area contributed by atoms with E-state index >= 15 is 0 Å². The van der Waals surface area contributed by atoms with Gasteiger partial charge in [-0.1, -0.05) is 21.3 Å². The second kappa shape index (κ2) is 9.44. The lowest BCUT2D eigenvalue weighted by atomic mass is 10.1. The van der Waals surface area contributed by atoms with Crippen molar-refractivity contribution in [1.29, 1.82) is 0 Å². The molecule has 2 amide bonds. The number of carbonyl (C=O) groups excluding carboxylic acids is 2. The van der Waals surface area contributed by atoms with Gasteiger partial charge in [-0.2, -0.15) is 5.10 Å². The van der Waals surface area contributed by atoms with Crippen LogP contribution in [0.3, 0.4) is 0 Å². The number of amides is 2. The summed E-state index contributed by atoms with van der Waals surface area (Å²) in [5.74, 6) is -0.483. The van der Waals surface area contributed by atoms with Crippen molar-refractivity contribution < 1.29 is 14.3 Å².